The number of hydrogen-bond donors (Lipinski definition) is 1. The summed E-state index contributed by atoms with van der Waals surface area (Å²) in [5.41, 5.74) is 6.27. The number of benzene rings is 1. The third kappa shape index (κ3) is 3.81. The molecule has 0 aliphatic rings. The number of hydrogen-bond acceptors (Lipinski definition) is 3. The first-order valence-electron chi connectivity index (χ1n) is 5.35. The first kappa shape index (κ1) is 12.4. The van der Waals surface area contributed by atoms with Crippen molar-refractivity contribution in [2.24, 2.45) is 0 Å². The highest BCUT2D eigenvalue weighted by Crippen LogP contribution is 2.14. The Kier molecular flexibility index (Phi) is 4.64. The number of carbonyl (C=O) groups excluding carboxylic acids is 1. The molecular weight excluding hydrogens is 204 g/mol. The lowest BCUT2D eigenvalue weighted by Gasteiger charge is -2.14. The van der Waals surface area contributed by atoms with Crippen LogP contribution in [0.2, 0.25) is 0 Å². The fourth-order valence-corrected chi connectivity index (χ4v) is 1.23. The molecule has 0 aliphatic heterocycles. The number of nitrogens with two attached hydrogens (primary N) is 1. The van der Waals surface area contributed by atoms with Crippen molar-refractivity contribution in [3.8, 4) is 5.75 Å². The van der Waals surface area contributed by atoms with Crippen LogP contribution in [-0.4, -0.2) is 31.0 Å². The molecule has 1 amide bonds. The number of anilines is 1. The van der Waals surface area contributed by atoms with Gasteiger partial charge in [-0.05, 0) is 19.1 Å². The molecule has 1 aromatic carbocycles. The first-order valence-corrected chi connectivity index (χ1v) is 5.35. The van der Waals surface area contributed by atoms with E-state index in [0.29, 0.717) is 24.5 Å². The summed E-state index contributed by atoms with van der Waals surface area (Å²) < 4.78 is 5.42. The Bertz CT molecular complexity index is 353. The molecule has 0 bridgehead atoms. The lowest BCUT2D eigenvalue weighted by molar-refractivity contribution is -0.130. The van der Waals surface area contributed by atoms with Crippen LogP contribution in [0.5, 0.6) is 5.75 Å². The van der Waals surface area contributed by atoms with Crippen LogP contribution in [0.25, 0.3) is 0 Å². The molecular formula is C12H18N2O2. The molecule has 0 saturated heterocycles. The van der Waals surface area contributed by atoms with E-state index in [2.05, 4.69) is 0 Å². The molecule has 0 atom stereocenters. The average Bonchev–Trinajstić information content (AvgIpc) is 2.28. The zero-order valence-corrected chi connectivity index (χ0v) is 9.77. The Labute approximate surface area is 96.0 Å². The Morgan fingerprint density at radius 2 is 2.25 bits per heavy atom. The van der Waals surface area contributed by atoms with Gasteiger partial charge in [0.15, 0.2) is 0 Å². The summed E-state index contributed by atoms with van der Waals surface area (Å²) in [4.78, 5) is 13.1. The maximum atomic E-state index is 11.5. The van der Waals surface area contributed by atoms with Crippen LogP contribution in [0.15, 0.2) is 24.3 Å². The summed E-state index contributed by atoms with van der Waals surface area (Å²) in [5.74, 6) is 0.790. The van der Waals surface area contributed by atoms with Crippen LogP contribution < -0.4 is 10.5 Å². The van der Waals surface area contributed by atoms with Gasteiger partial charge in [0.1, 0.15) is 5.75 Å². The largest absolute Gasteiger partial charge is 0.493 e. The van der Waals surface area contributed by atoms with Crippen molar-refractivity contribution in [1.29, 1.82) is 0 Å². The fourth-order valence-electron chi connectivity index (χ4n) is 1.23. The van der Waals surface area contributed by atoms with Gasteiger partial charge in [0.2, 0.25) is 5.91 Å². The smallest absolute Gasteiger partial charge is 0.225 e. The van der Waals surface area contributed by atoms with Gasteiger partial charge in [-0.1, -0.05) is 6.07 Å². The molecule has 16 heavy (non-hydrogen) atoms. The number of carbonyl (C=O) groups is 1. The van der Waals surface area contributed by atoms with Crippen LogP contribution in [0.4, 0.5) is 5.69 Å². The van der Waals surface area contributed by atoms with Gasteiger partial charge in [-0.3, -0.25) is 4.79 Å². The van der Waals surface area contributed by atoms with Crippen molar-refractivity contribution >= 4 is 11.6 Å². The molecule has 0 spiro atoms. The molecule has 0 radical (unpaired) electrons. The average molecular weight is 222 g/mol. The Balaban J connectivity index is 2.33. The van der Waals surface area contributed by atoms with Crippen molar-refractivity contribution in [2.45, 2.75) is 13.3 Å². The van der Waals surface area contributed by atoms with Crippen LogP contribution in [-0.2, 0) is 4.79 Å². The summed E-state index contributed by atoms with van der Waals surface area (Å²) in [7, 11) is 1.78. The molecule has 0 aromatic heterocycles. The standard InChI is InChI=1S/C12H18N2O2/c1-3-14(2)12(15)7-8-16-11-6-4-5-10(13)9-11/h4-6,9H,3,7-8,13H2,1-2H3. The minimum absolute atomic E-state index is 0.0893. The van der Waals surface area contributed by atoms with Gasteiger partial charge in [0.05, 0.1) is 13.0 Å². The van der Waals surface area contributed by atoms with Crippen LogP contribution >= 0.6 is 0 Å². The summed E-state index contributed by atoms with van der Waals surface area (Å²) in [5, 5.41) is 0. The van der Waals surface area contributed by atoms with Gasteiger partial charge in [-0.2, -0.15) is 0 Å². The summed E-state index contributed by atoms with van der Waals surface area (Å²) in [6.45, 7) is 3.04. The van der Waals surface area contributed by atoms with Gasteiger partial charge < -0.3 is 15.4 Å². The molecule has 4 heteroatoms. The number of rotatable bonds is 5. The summed E-state index contributed by atoms with van der Waals surface area (Å²) >= 11 is 0. The van der Waals surface area contributed by atoms with Gasteiger partial charge in [0.25, 0.3) is 0 Å². The zero-order valence-electron chi connectivity index (χ0n) is 9.77. The SMILES string of the molecule is CCN(C)C(=O)CCOc1cccc(N)c1. The second-order valence-corrected chi connectivity index (χ2v) is 3.58. The Hall–Kier alpha value is -1.71. The molecule has 0 unspecified atom stereocenters. The predicted molar refractivity (Wildman–Crippen MR) is 64.3 cm³/mol. The minimum atomic E-state index is 0.0893. The first-order chi connectivity index (χ1) is 7.63. The second-order valence-electron chi connectivity index (χ2n) is 3.58. The van der Waals surface area contributed by atoms with E-state index < -0.39 is 0 Å². The third-order valence-electron chi connectivity index (χ3n) is 2.34. The Morgan fingerprint density at radius 3 is 2.88 bits per heavy atom. The molecule has 88 valence electrons. The van der Waals surface area contributed by atoms with E-state index in [1.807, 2.05) is 19.1 Å². The lowest BCUT2D eigenvalue weighted by Crippen LogP contribution is -2.27. The van der Waals surface area contributed by atoms with E-state index in [9.17, 15) is 4.79 Å². The zero-order chi connectivity index (χ0) is 12.0. The molecule has 2 N–H and O–H groups in total. The normalized spacial score (nSPS) is 9.88. The maximum Gasteiger partial charge on any atom is 0.225 e. The molecule has 1 rings (SSSR count). The van der Waals surface area contributed by atoms with Crippen LogP contribution in [0.3, 0.4) is 0 Å². The van der Waals surface area contributed by atoms with E-state index >= 15 is 0 Å². The van der Waals surface area contributed by atoms with Crippen LogP contribution in [0, 0.1) is 0 Å². The van der Waals surface area contributed by atoms with Crippen molar-refractivity contribution in [3.63, 3.8) is 0 Å². The predicted octanol–water partition coefficient (Wildman–Crippen LogP) is 1.52. The molecule has 4 nitrogen and oxygen atoms in total. The summed E-state index contributed by atoms with van der Waals surface area (Å²) in [6.07, 6.45) is 0.388. The van der Waals surface area contributed by atoms with Crippen molar-refractivity contribution in [1.82, 2.24) is 4.90 Å². The summed E-state index contributed by atoms with van der Waals surface area (Å²) in [6, 6.07) is 7.19. The molecule has 0 saturated carbocycles. The van der Waals surface area contributed by atoms with Gasteiger partial charge in [-0.15, -0.1) is 0 Å². The molecule has 1 aromatic rings. The maximum absolute atomic E-state index is 11.5. The van der Waals surface area contributed by atoms with Crippen molar-refractivity contribution < 1.29 is 9.53 Å². The van der Waals surface area contributed by atoms with E-state index in [1.54, 1.807) is 24.1 Å². The van der Waals surface area contributed by atoms with E-state index in [1.165, 1.54) is 0 Å². The third-order valence-corrected chi connectivity index (χ3v) is 2.34. The minimum Gasteiger partial charge on any atom is -0.493 e. The van der Waals surface area contributed by atoms with E-state index in [-0.39, 0.29) is 5.91 Å². The van der Waals surface area contributed by atoms with Gasteiger partial charge in [-0.25, -0.2) is 0 Å². The van der Waals surface area contributed by atoms with Gasteiger partial charge >= 0.3 is 0 Å². The topological polar surface area (TPSA) is 55.6 Å². The quantitative estimate of drug-likeness (QED) is 0.768. The highest BCUT2D eigenvalue weighted by atomic mass is 16.5. The number of nitrogens with zero attached hydrogens (tertiary/aromatic N) is 1. The molecule has 0 heterocycles. The highest BCUT2D eigenvalue weighted by Gasteiger charge is 2.06. The highest BCUT2D eigenvalue weighted by molar-refractivity contribution is 5.75. The second kappa shape index (κ2) is 6.00. The van der Waals surface area contributed by atoms with Crippen molar-refractivity contribution in [3.05, 3.63) is 24.3 Å². The van der Waals surface area contributed by atoms with E-state index in [4.69, 9.17) is 10.5 Å². The van der Waals surface area contributed by atoms with E-state index in [0.717, 1.165) is 6.54 Å². The van der Waals surface area contributed by atoms with Crippen LogP contribution in [0.1, 0.15) is 13.3 Å². The number of amides is 1. The molecule has 0 aliphatic carbocycles. The number of ether oxygens (including phenoxy) is 1. The monoisotopic (exact) mass is 222 g/mol. The van der Waals surface area contributed by atoms with Crippen molar-refractivity contribution in [2.75, 3.05) is 25.9 Å². The lowest BCUT2D eigenvalue weighted by atomic mass is 10.3. The molecule has 0 fully saturated rings. The van der Waals surface area contributed by atoms with Gasteiger partial charge in [0, 0.05) is 25.3 Å². The number of nitrogen functional groups attached to an aromatic ring is 1. The Morgan fingerprint density at radius 1 is 1.50 bits per heavy atom. The fraction of sp³-hybridized carbons (Fsp3) is 0.417.